The molecule has 9 heteroatoms. The van der Waals surface area contributed by atoms with E-state index in [1.165, 1.54) is 0 Å². The Labute approximate surface area is 185 Å². The molecular weight excluding hydrogens is 416 g/mol. The van der Waals surface area contributed by atoms with E-state index in [2.05, 4.69) is 20.8 Å². The van der Waals surface area contributed by atoms with Crippen LogP contribution in [0.5, 0.6) is 5.75 Å². The third kappa shape index (κ3) is 6.92. The highest BCUT2D eigenvalue weighted by Crippen LogP contribution is 2.21. The largest absolute Gasteiger partial charge is 0.493 e. The van der Waals surface area contributed by atoms with Gasteiger partial charge in [-0.15, -0.1) is 11.3 Å². The van der Waals surface area contributed by atoms with Gasteiger partial charge in [-0.1, -0.05) is 29.8 Å². The zero-order chi connectivity index (χ0) is 21.9. The van der Waals surface area contributed by atoms with Crippen LogP contribution in [-0.4, -0.2) is 41.7 Å². The summed E-state index contributed by atoms with van der Waals surface area (Å²) >= 11 is 1.58. The summed E-state index contributed by atoms with van der Waals surface area (Å²) in [5.74, 6) is 1.21. The smallest absolute Gasteiger partial charge is 0.255 e. The van der Waals surface area contributed by atoms with Gasteiger partial charge in [0.1, 0.15) is 5.75 Å². The Morgan fingerprint density at radius 3 is 2.77 bits per heavy atom. The Morgan fingerprint density at radius 1 is 1.10 bits per heavy atom. The zero-order valence-electron chi connectivity index (χ0n) is 17.4. The number of rotatable bonds is 12. The van der Waals surface area contributed by atoms with Crippen molar-refractivity contribution in [2.75, 3.05) is 19.7 Å². The lowest BCUT2D eigenvalue weighted by Crippen LogP contribution is -2.37. The van der Waals surface area contributed by atoms with Crippen LogP contribution in [0.15, 0.2) is 46.3 Å². The van der Waals surface area contributed by atoms with Crippen molar-refractivity contribution in [1.29, 1.82) is 0 Å². The van der Waals surface area contributed by atoms with Crippen molar-refractivity contribution in [3.8, 4) is 16.5 Å². The van der Waals surface area contributed by atoms with Crippen LogP contribution in [-0.2, 0) is 11.2 Å². The maximum Gasteiger partial charge on any atom is 0.255 e. The predicted molar refractivity (Wildman–Crippen MR) is 118 cm³/mol. The lowest BCUT2D eigenvalue weighted by Gasteiger charge is -2.10. The van der Waals surface area contributed by atoms with Gasteiger partial charge in [-0.05, 0) is 43.3 Å². The second-order valence-corrected chi connectivity index (χ2v) is 7.71. The van der Waals surface area contributed by atoms with Gasteiger partial charge >= 0.3 is 0 Å². The number of hydrogen-bond acceptors (Lipinski definition) is 7. The van der Waals surface area contributed by atoms with Gasteiger partial charge in [0.25, 0.3) is 5.91 Å². The average molecular weight is 443 g/mol. The highest BCUT2D eigenvalue weighted by molar-refractivity contribution is 7.13. The number of aromatic nitrogens is 2. The molecule has 2 amide bonds. The van der Waals surface area contributed by atoms with Crippen molar-refractivity contribution in [1.82, 2.24) is 20.8 Å². The van der Waals surface area contributed by atoms with Crippen LogP contribution < -0.4 is 15.4 Å². The Bertz CT molecular complexity index is 972. The van der Waals surface area contributed by atoms with E-state index in [4.69, 9.17) is 9.26 Å². The maximum atomic E-state index is 12.3. The molecule has 3 aromatic rings. The minimum absolute atomic E-state index is 0.0766. The van der Waals surface area contributed by atoms with Crippen molar-refractivity contribution in [3.05, 3.63) is 53.2 Å². The molecule has 2 heterocycles. The molecule has 0 unspecified atom stereocenters. The fourth-order valence-electron chi connectivity index (χ4n) is 2.92. The summed E-state index contributed by atoms with van der Waals surface area (Å²) in [6.07, 6.45) is 3.36. The van der Waals surface area contributed by atoms with Crippen LogP contribution in [0.25, 0.3) is 10.7 Å². The fourth-order valence-corrected chi connectivity index (χ4v) is 3.57. The number of ether oxygens (including phenoxy) is 1. The summed E-state index contributed by atoms with van der Waals surface area (Å²) in [5, 5.41) is 11.4. The highest BCUT2D eigenvalue weighted by atomic mass is 32.1. The van der Waals surface area contributed by atoms with Gasteiger partial charge in [0.15, 0.2) is 0 Å². The third-order valence-corrected chi connectivity index (χ3v) is 5.31. The van der Waals surface area contributed by atoms with E-state index in [1.807, 2.05) is 24.4 Å². The summed E-state index contributed by atoms with van der Waals surface area (Å²) in [7, 11) is 0. The van der Waals surface area contributed by atoms with Gasteiger partial charge in [0.05, 0.1) is 23.6 Å². The molecule has 0 saturated carbocycles. The molecule has 2 N–H and O–H groups in total. The van der Waals surface area contributed by atoms with Crippen molar-refractivity contribution in [2.24, 2.45) is 0 Å². The minimum atomic E-state index is -0.333. The van der Waals surface area contributed by atoms with E-state index in [-0.39, 0.29) is 18.4 Å². The number of nitrogens with one attached hydrogen (secondary N) is 2. The van der Waals surface area contributed by atoms with Gasteiger partial charge in [-0.3, -0.25) is 9.59 Å². The molecule has 0 aliphatic rings. The van der Waals surface area contributed by atoms with Crippen LogP contribution in [0, 0.1) is 0 Å². The molecule has 0 fully saturated rings. The number of unbranched alkanes of at least 4 members (excludes halogenated alkanes) is 2. The summed E-state index contributed by atoms with van der Waals surface area (Å²) < 4.78 is 10.7. The fraction of sp³-hybridized carbons (Fsp3) is 0.364. The monoisotopic (exact) mass is 442 g/mol. The van der Waals surface area contributed by atoms with Crippen LogP contribution in [0.1, 0.15) is 42.4 Å². The first-order valence-corrected chi connectivity index (χ1v) is 11.2. The quantitative estimate of drug-likeness (QED) is 0.416. The van der Waals surface area contributed by atoms with Gasteiger partial charge in [-0.2, -0.15) is 4.98 Å². The Balaban J connectivity index is 1.28. The highest BCUT2D eigenvalue weighted by Gasteiger charge is 2.13. The average Bonchev–Trinajstić information content (AvgIpc) is 3.47. The van der Waals surface area contributed by atoms with Gasteiger partial charge < -0.3 is 19.9 Å². The number of amides is 2. The molecular formula is C22H26N4O4S. The number of para-hydroxylation sites is 1. The first-order valence-electron chi connectivity index (χ1n) is 10.3. The number of nitrogens with zero attached hydrogens (tertiary/aromatic N) is 2. The van der Waals surface area contributed by atoms with E-state index in [0.717, 1.165) is 24.1 Å². The predicted octanol–water partition coefficient (Wildman–Crippen LogP) is 3.46. The summed E-state index contributed by atoms with van der Waals surface area (Å²) in [4.78, 5) is 29.6. The summed E-state index contributed by atoms with van der Waals surface area (Å²) in [6.45, 7) is 2.79. The third-order valence-electron chi connectivity index (χ3n) is 4.44. The molecule has 164 valence electrons. The number of benzene rings is 1. The van der Waals surface area contributed by atoms with Crippen LogP contribution in [0.3, 0.4) is 0 Å². The van der Waals surface area contributed by atoms with Crippen molar-refractivity contribution >= 4 is 23.2 Å². The normalized spacial score (nSPS) is 10.6. The Kier molecular flexibility index (Phi) is 8.59. The molecule has 0 spiro atoms. The summed E-state index contributed by atoms with van der Waals surface area (Å²) in [6, 6.07) is 10.9. The van der Waals surface area contributed by atoms with Gasteiger partial charge in [0.2, 0.25) is 17.6 Å². The Morgan fingerprint density at radius 2 is 1.97 bits per heavy atom. The van der Waals surface area contributed by atoms with Crippen molar-refractivity contribution in [2.45, 2.75) is 32.6 Å². The second kappa shape index (κ2) is 11.8. The van der Waals surface area contributed by atoms with Crippen molar-refractivity contribution in [3.63, 3.8) is 0 Å². The van der Waals surface area contributed by atoms with E-state index < -0.39 is 0 Å². The lowest BCUT2D eigenvalue weighted by atomic mass is 10.2. The second-order valence-electron chi connectivity index (χ2n) is 6.76. The molecule has 2 aromatic heterocycles. The molecule has 0 radical (unpaired) electrons. The zero-order valence-corrected chi connectivity index (χ0v) is 18.2. The van der Waals surface area contributed by atoms with E-state index in [1.54, 1.807) is 35.6 Å². The van der Waals surface area contributed by atoms with Crippen LogP contribution in [0.4, 0.5) is 0 Å². The molecule has 1 aromatic carbocycles. The number of carbonyl (C=O) groups is 2. The first kappa shape index (κ1) is 22.5. The van der Waals surface area contributed by atoms with E-state index in [9.17, 15) is 9.59 Å². The molecule has 0 bridgehead atoms. The van der Waals surface area contributed by atoms with E-state index >= 15 is 0 Å². The van der Waals surface area contributed by atoms with E-state index in [0.29, 0.717) is 42.6 Å². The SMILES string of the molecule is CCOc1ccccc1C(=O)NCC(=O)NCCCCCc1nc(-c2cccs2)no1. The number of aryl methyl sites for hydroxylation is 1. The topological polar surface area (TPSA) is 106 Å². The van der Waals surface area contributed by atoms with Crippen LogP contribution >= 0.6 is 11.3 Å². The molecule has 8 nitrogen and oxygen atoms in total. The first-order chi connectivity index (χ1) is 15.2. The Hall–Kier alpha value is -3.20. The molecule has 3 rings (SSSR count). The minimum Gasteiger partial charge on any atom is -0.493 e. The van der Waals surface area contributed by atoms with Gasteiger partial charge in [-0.25, -0.2) is 0 Å². The summed E-state index contributed by atoms with van der Waals surface area (Å²) in [5.41, 5.74) is 0.417. The number of thiophene rings is 1. The van der Waals surface area contributed by atoms with Crippen molar-refractivity contribution < 1.29 is 18.8 Å². The lowest BCUT2D eigenvalue weighted by molar-refractivity contribution is -0.120. The number of hydrogen-bond donors (Lipinski definition) is 2. The number of carbonyl (C=O) groups excluding carboxylic acids is 2. The standard InChI is InChI=1S/C22H26N4O4S/c1-2-29-17-10-6-5-9-16(17)22(28)24-15-19(27)23-13-7-3-4-12-20-25-21(26-30-20)18-11-8-14-31-18/h5-6,8-11,14H,2-4,7,12-13,15H2,1H3,(H,23,27)(H,24,28). The maximum absolute atomic E-state index is 12.3. The van der Waals surface area contributed by atoms with Crippen LogP contribution in [0.2, 0.25) is 0 Å². The molecule has 0 aliphatic heterocycles. The van der Waals surface area contributed by atoms with Gasteiger partial charge in [0, 0.05) is 13.0 Å². The molecule has 0 aliphatic carbocycles. The molecule has 0 saturated heterocycles. The molecule has 31 heavy (non-hydrogen) atoms. The molecule has 0 atom stereocenters.